The number of carbonyl (C=O) groups is 1. The van der Waals surface area contributed by atoms with Crippen LogP contribution in [0.25, 0.3) is 0 Å². The minimum Gasteiger partial charge on any atom is -0.508 e. The standard InChI is InChI=1S/C14H11F2NO2/c15-11-4-5-13(16)10(6-11)8-17-14(19)9-2-1-3-12(18)7-9/h1-7,18H,8H2,(H,17,19). The van der Waals surface area contributed by atoms with Crippen LogP contribution in [0.5, 0.6) is 5.75 Å². The van der Waals surface area contributed by atoms with Crippen LogP contribution >= 0.6 is 0 Å². The molecule has 0 atom stereocenters. The Morgan fingerprint density at radius 1 is 1.16 bits per heavy atom. The molecule has 0 fully saturated rings. The maximum absolute atomic E-state index is 13.3. The highest BCUT2D eigenvalue weighted by atomic mass is 19.1. The van der Waals surface area contributed by atoms with E-state index in [1.165, 1.54) is 24.3 Å². The number of benzene rings is 2. The molecule has 0 saturated carbocycles. The van der Waals surface area contributed by atoms with Crippen LogP contribution in [0.15, 0.2) is 42.5 Å². The van der Waals surface area contributed by atoms with Crippen LogP contribution in [0.3, 0.4) is 0 Å². The van der Waals surface area contributed by atoms with E-state index in [4.69, 9.17) is 0 Å². The summed E-state index contributed by atoms with van der Waals surface area (Å²) in [6.07, 6.45) is 0. The van der Waals surface area contributed by atoms with Gasteiger partial charge in [0.15, 0.2) is 0 Å². The summed E-state index contributed by atoms with van der Waals surface area (Å²) in [5.41, 5.74) is 0.310. The number of phenolic OH excluding ortho intramolecular Hbond substituents is 1. The molecular weight excluding hydrogens is 252 g/mol. The maximum atomic E-state index is 13.3. The lowest BCUT2D eigenvalue weighted by Gasteiger charge is -2.07. The molecule has 2 rings (SSSR count). The van der Waals surface area contributed by atoms with Gasteiger partial charge in [0.25, 0.3) is 5.91 Å². The Labute approximate surface area is 108 Å². The summed E-state index contributed by atoms with van der Waals surface area (Å²) in [6.45, 7) is -0.127. The largest absolute Gasteiger partial charge is 0.508 e. The Morgan fingerprint density at radius 3 is 2.68 bits per heavy atom. The van der Waals surface area contributed by atoms with Crippen molar-refractivity contribution in [3.05, 3.63) is 65.2 Å². The van der Waals surface area contributed by atoms with Gasteiger partial charge in [0.05, 0.1) is 0 Å². The van der Waals surface area contributed by atoms with E-state index in [0.717, 1.165) is 18.2 Å². The topological polar surface area (TPSA) is 49.3 Å². The van der Waals surface area contributed by atoms with Crippen molar-refractivity contribution in [2.24, 2.45) is 0 Å². The van der Waals surface area contributed by atoms with Gasteiger partial charge >= 0.3 is 0 Å². The summed E-state index contributed by atoms with van der Waals surface area (Å²) < 4.78 is 26.3. The van der Waals surface area contributed by atoms with E-state index in [1.807, 2.05) is 0 Å². The molecule has 2 aromatic rings. The van der Waals surface area contributed by atoms with Crippen molar-refractivity contribution in [2.75, 3.05) is 0 Å². The van der Waals surface area contributed by atoms with Crippen LogP contribution in [0.1, 0.15) is 15.9 Å². The van der Waals surface area contributed by atoms with Crippen molar-refractivity contribution < 1.29 is 18.7 Å². The van der Waals surface area contributed by atoms with Gasteiger partial charge in [-0.25, -0.2) is 8.78 Å². The van der Waals surface area contributed by atoms with Crippen LogP contribution < -0.4 is 5.32 Å². The number of rotatable bonds is 3. The molecular formula is C14H11F2NO2. The highest BCUT2D eigenvalue weighted by molar-refractivity contribution is 5.94. The van der Waals surface area contributed by atoms with Crippen LogP contribution in [-0.4, -0.2) is 11.0 Å². The van der Waals surface area contributed by atoms with Crippen LogP contribution in [0, 0.1) is 11.6 Å². The lowest BCUT2D eigenvalue weighted by molar-refractivity contribution is 0.0950. The molecule has 5 heteroatoms. The summed E-state index contributed by atoms with van der Waals surface area (Å²) in [5, 5.41) is 11.7. The first-order valence-electron chi connectivity index (χ1n) is 5.57. The zero-order valence-electron chi connectivity index (χ0n) is 9.86. The van der Waals surface area contributed by atoms with Gasteiger partial charge in [0, 0.05) is 17.7 Å². The van der Waals surface area contributed by atoms with Crippen molar-refractivity contribution in [1.82, 2.24) is 5.32 Å². The van der Waals surface area contributed by atoms with Crippen LogP contribution in [0.2, 0.25) is 0 Å². The fourth-order valence-electron chi connectivity index (χ4n) is 1.60. The van der Waals surface area contributed by atoms with E-state index in [9.17, 15) is 18.7 Å². The second-order valence-electron chi connectivity index (χ2n) is 3.97. The first kappa shape index (κ1) is 13.0. The van der Waals surface area contributed by atoms with Crippen molar-refractivity contribution in [2.45, 2.75) is 6.54 Å². The molecule has 1 amide bonds. The van der Waals surface area contributed by atoms with Crippen molar-refractivity contribution in [1.29, 1.82) is 0 Å². The molecule has 0 bridgehead atoms. The summed E-state index contributed by atoms with van der Waals surface area (Å²) in [7, 11) is 0. The van der Waals surface area contributed by atoms with Gasteiger partial charge in [-0.15, -0.1) is 0 Å². The van der Waals surface area contributed by atoms with E-state index >= 15 is 0 Å². The van der Waals surface area contributed by atoms with E-state index < -0.39 is 17.5 Å². The van der Waals surface area contributed by atoms with E-state index in [2.05, 4.69) is 5.32 Å². The lowest BCUT2D eigenvalue weighted by atomic mass is 10.1. The summed E-state index contributed by atoms with van der Waals surface area (Å²) in [4.78, 5) is 11.7. The second-order valence-corrected chi connectivity index (χ2v) is 3.97. The fraction of sp³-hybridized carbons (Fsp3) is 0.0714. The number of hydrogen-bond donors (Lipinski definition) is 2. The third-order valence-electron chi connectivity index (χ3n) is 2.56. The number of phenols is 1. The van der Waals surface area contributed by atoms with Crippen LogP contribution in [-0.2, 0) is 6.54 Å². The minimum absolute atomic E-state index is 0.0374. The van der Waals surface area contributed by atoms with Gasteiger partial charge in [0.1, 0.15) is 17.4 Å². The zero-order valence-corrected chi connectivity index (χ0v) is 9.86. The third-order valence-corrected chi connectivity index (χ3v) is 2.56. The first-order valence-corrected chi connectivity index (χ1v) is 5.57. The normalized spacial score (nSPS) is 10.2. The number of amides is 1. The molecule has 0 aliphatic rings. The van der Waals surface area contributed by atoms with Gasteiger partial charge in [-0.05, 0) is 36.4 Å². The molecule has 19 heavy (non-hydrogen) atoms. The lowest BCUT2D eigenvalue weighted by Crippen LogP contribution is -2.23. The Kier molecular flexibility index (Phi) is 3.75. The predicted octanol–water partition coefficient (Wildman–Crippen LogP) is 2.60. The highest BCUT2D eigenvalue weighted by Crippen LogP contribution is 2.12. The van der Waals surface area contributed by atoms with Gasteiger partial charge in [-0.2, -0.15) is 0 Å². The molecule has 0 radical (unpaired) electrons. The molecule has 0 saturated heterocycles. The summed E-state index contributed by atoms with van der Waals surface area (Å²) in [5.74, 6) is -1.66. The molecule has 0 heterocycles. The molecule has 98 valence electrons. The maximum Gasteiger partial charge on any atom is 0.251 e. The summed E-state index contributed by atoms with van der Waals surface area (Å²) >= 11 is 0. The van der Waals surface area contributed by atoms with E-state index in [1.54, 1.807) is 0 Å². The monoisotopic (exact) mass is 263 g/mol. The Hall–Kier alpha value is -2.43. The number of halogens is 2. The molecule has 0 aromatic heterocycles. The Morgan fingerprint density at radius 2 is 1.95 bits per heavy atom. The van der Waals surface area contributed by atoms with Crippen LogP contribution in [0.4, 0.5) is 8.78 Å². The molecule has 2 N–H and O–H groups in total. The van der Waals surface area contributed by atoms with E-state index in [-0.39, 0.29) is 23.4 Å². The van der Waals surface area contributed by atoms with Crippen molar-refractivity contribution in [3.63, 3.8) is 0 Å². The van der Waals surface area contributed by atoms with Gasteiger partial charge in [-0.1, -0.05) is 6.07 Å². The van der Waals surface area contributed by atoms with Crippen molar-refractivity contribution in [3.8, 4) is 5.75 Å². The first-order chi connectivity index (χ1) is 9.06. The number of nitrogens with one attached hydrogen (secondary N) is 1. The minimum atomic E-state index is -0.586. The average Bonchev–Trinajstić information content (AvgIpc) is 2.39. The quantitative estimate of drug-likeness (QED) is 0.894. The predicted molar refractivity (Wildman–Crippen MR) is 65.6 cm³/mol. The molecule has 0 unspecified atom stereocenters. The smallest absolute Gasteiger partial charge is 0.251 e. The van der Waals surface area contributed by atoms with Gasteiger partial charge < -0.3 is 10.4 Å². The molecule has 0 aliphatic heterocycles. The molecule has 3 nitrogen and oxygen atoms in total. The Bertz CT molecular complexity index is 614. The average molecular weight is 263 g/mol. The highest BCUT2D eigenvalue weighted by Gasteiger charge is 2.08. The second kappa shape index (κ2) is 5.48. The van der Waals surface area contributed by atoms with E-state index in [0.29, 0.717) is 0 Å². The zero-order chi connectivity index (χ0) is 13.8. The van der Waals surface area contributed by atoms with Gasteiger partial charge in [-0.3, -0.25) is 4.79 Å². The van der Waals surface area contributed by atoms with Crippen molar-refractivity contribution >= 4 is 5.91 Å². The molecule has 0 aliphatic carbocycles. The number of aromatic hydroxyl groups is 1. The van der Waals surface area contributed by atoms with Gasteiger partial charge in [0.2, 0.25) is 0 Å². The SMILES string of the molecule is O=C(NCc1cc(F)ccc1F)c1cccc(O)c1. The number of carbonyl (C=O) groups excluding carboxylic acids is 1. The third kappa shape index (κ3) is 3.28. The Balaban J connectivity index is 2.06. The fourth-order valence-corrected chi connectivity index (χ4v) is 1.60. The molecule has 2 aromatic carbocycles. The molecule has 0 spiro atoms. The summed E-state index contributed by atoms with van der Waals surface area (Å²) in [6, 6.07) is 8.80. The number of hydrogen-bond acceptors (Lipinski definition) is 2.